The number of hydrogen-bond acceptors (Lipinski definition) is 6. The summed E-state index contributed by atoms with van der Waals surface area (Å²) < 4.78 is 9.96. The highest BCUT2D eigenvalue weighted by Gasteiger charge is 2.22. The fourth-order valence-corrected chi connectivity index (χ4v) is 1.76. The fraction of sp³-hybridized carbons (Fsp3) is 0.364. The van der Waals surface area contributed by atoms with Crippen LogP contribution in [0, 0.1) is 10.1 Å². The predicted molar refractivity (Wildman–Crippen MR) is 62.8 cm³/mol. The van der Waals surface area contributed by atoms with Crippen molar-refractivity contribution in [2.45, 2.75) is 0 Å². The van der Waals surface area contributed by atoms with Crippen LogP contribution in [0.15, 0.2) is 18.2 Å². The number of fused-ring (bicyclic) bond motifs is 1. The Morgan fingerprint density at radius 3 is 3.06 bits per heavy atom. The lowest BCUT2D eigenvalue weighted by molar-refractivity contribution is -0.384. The second-order valence-corrected chi connectivity index (χ2v) is 3.76. The van der Waals surface area contributed by atoms with E-state index in [0.717, 1.165) is 0 Å². The van der Waals surface area contributed by atoms with E-state index in [1.807, 2.05) is 0 Å². The van der Waals surface area contributed by atoms with Crippen molar-refractivity contribution >= 4 is 17.3 Å². The third-order valence-corrected chi connectivity index (χ3v) is 2.66. The van der Waals surface area contributed by atoms with E-state index in [1.165, 1.54) is 19.2 Å². The molecule has 0 amide bonds. The third-order valence-electron chi connectivity index (χ3n) is 2.66. The predicted octanol–water partition coefficient (Wildman–Crippen LogP) is 0.967. The standard InChI is InChI=1S/C11H12N2O5/c1-17-11(14)7-12-4-5-18-10-6-8(13(15)16)2-3-9(10)12/h2-3,6H,4-5,7H2,1H3. The van der Waals surface area contributed by atoms with Gasteiger partial charge < -0.3 is 14.4 Å². The molecule has 2 rings (SSSR count). The number of anilines is 1. The van der Waals surface area contributed by atoms with Crippen LogP contribution >= 0.6 is 0 Å². The second-order valence-electron chi connectivity index (χ2n) is 3.76. The first-order valence-electron chi connectivity index (χ1n) is 5.35. The minimum Gasteiger partial charge on any atom is -0.489 e. The Bertz CT molecular complexity index is 488. The van der Waals surface area contributed by atoms with E-state index in [-0.39, 0.29) is 18.2 Å². The maximum absolute atomic E-state index is 11.3. The average Bonchev–Trinajstić information content (AvgIpc) is 2.38. The fourth-order valence-electron chi connectivity index (χ4n) is 1.76. The van der Waals surface area contributed by atoms with Crippen molar-refractivity contribution in [3.63, 3.8) is 0 Å². The summed E-state index contributed by atoms with van der Waals surface area (Å²) in [7, 11) is 1.32. The Balaban J connectivity index is 2.27. The molecule has 7 nitrogen and oxygen atoms in total. The number of non-ortho nitro benzene ring substituents is 1. The number of nitrogens with zero attached hydrogens (tertiary/aromatic N) is 2. The zero-order chi connectivity index (χ0) is 13.1. The molecule has 0 fully saturated rings. The number of benzene rings is 1. The Morgan fingerprint density at radius 1 is 1.61 bits per heavy atom. The molecule has 1 heterocycles. The van der Waals surface area contributed by atoms with E-state index in [1.54, 1.807) is 11.0 Å². The Labute approximate surface area is 103 Å². The number of esters is 1. The van der Waals surface area contributed by atoms with Crippen molar-refractivity contribution in [1.29, 1.82) is 0 Å². The summed E-state index contributed by atoms with van der Waals surface area (Å²) in [6.07, 6.45) is 0. The van der Waals surface area contributed by atoms with Gasteiger partial charge in [-0.3, -0.25) is 14.9 Å². The molecule has 1 aliphatic heterocycles. The van der Waals surface area contributed by atoms with Gasteiger partial charge in [0, 0.05) is 6.07 Å². The number of nitro benzene ring substituents is 1. The van der Waals surface area contributed by atoms with Crippen LogP contribution in [0.3, 0.4) is 0 Å². The summed E-state index contributed by atoms with van der Waals surface area (Å²) >= 11 is 0. The number of carbonyl (C=O) groups is 1. The van der Waals surface area contributed by atoms with Crippen LogP contribution in [0.5, 0.6) is 5.75 Å². The first-order valence-corrected chi connectivity index (χ1v) is 5.35. The van der Waals surface area contributed by atoms with E-state index >= 15 is 0 Å². The maximum Gasteiger partial charge on any atom is 0.325 e. The van der Waals surface area contributed by atoms with Crippen molar-refractivity contribution < 1.29 is 19.2 Å². The van der Waals surface area contributed by atoms with E-state index < -0.39 is 4.92 Å². The molecular weight excluding hydrogens is 240 g/mol. The molecule has 96 valence electrons. The molecule has 0 radical (unpaired) electrons. The SMILES string of the molecule is COC(=O)CN1CCOc2cc([N+](=O)[O-])ccc21. The van der Waals surface area contributed by atoms with Crippen LogP contribution in [0.4, 0.5) is 11.4 Å². The van der Waals surface area contributed by atoms with Gasteiger partial charge in [0.15, 0.2) is 0 Å². The Hall–Kier alpha value is -2.31. The third kappa shape index (κ3) is 2.34. The number of rotatable bonds is 3. The molecule has 0 saturated carbocycles. The van der Waals surface area contributed by atoms with Gasteiger partial charge in [-0.05, 0) is 6.07 Å². The van der Waals surface area contributed by atoms with E-state index in [2.05, 4.69) is 4.74 Å². The second kappa shape index (κ2) is 4.91. The molecule has 1 aromatic rings. The van der Waals surface area contributed by atoms with Gasteiger partial charge in [-0.2, -0.15) is 0 Å². The summed E-state index contributed by atoms with van der Waals surface area (Å²) in [6.45, 7) is 1.02. The molecule has 0 aliphatic carbocycles. The number of ether oxygens (including phenoxy) is 2. The van der Waals surface area contributed by atoms with Gasteiger partial charge in [-0.15, -0.1) is 0 Å². The van der Waals surface area contributed by atoms with Crippen molar-refractivity contribution in [2.75, 3.05) is 31.7 Å². The lowest BCUT2D eigenvalue weighted by atomic mass is 10.2. The van der Waals surface area contributed by atoms with Crippen LogP contribution in [0.1, 0.15) is 0 Å². The Kier molecular flexibility index (Phi) is 3.31. The molecule has 0 bridgehead atoms. The van der Waals surface area contributed by atoms with Crippen LogP contribution in [-0.4, -0.2) is 37.7 Å². The van der Waals surface area contributed by atoms with Crippen molar-refractivity contribution in [1.82, 2.24) is 0 Å². The van der Waals surface area contributed by atoms with Crippen LogP contribution in [0.25, 0.3) is 0 Å². The number of carbonyl (C=O) groups excluding carboxylic acids is 1. The first-order chi connectivity index (χ1) is 8.61. The Morgan fingerprint density at radius 2 is 2.39 bits per heavy atom. The quantitative estimate of drug-likeness (QED) is 0.453. The van der Waals surface area contributed by atoms with Gasteiger partial charge in [0.05, 0.1) is 30.3 Å². The van der Waals surface area contributed by atoms with Crippen molar-refractivity contribution in [2.24, 2.45) is 0 Å². The van der Waals surface area contributed by atoms with Crippen molar-refractivity contribution in [3.05, 3.63) is 28.3 Å². The molecule has 0 atom stereocenters. The highest BCUT2D eigenvalue weighted by molar-refractivity contribution is 5.77. The number of hydrogen-bond donors (Lipinski definition) is 0. The summed E-state index contributed by atoms with van der Waals surface area (Å²) in [4.78, 5) is 23.2. The molecular formula is C11H12N2O5. The number of nitro groups is 1. The van der Waals surface area contributed by atoms with E-state index in [0.29, 0.717) is 24.6 Å². The minimum atomic E-state index is -0.483. The zero-order valence-corrected chi connectivity index (χ0v) is 9.79. The molecule has 0 unspecified atom stereocenters. The van der Waals surface area contributed by atoms with Gasteiger partial charge in [-0.1, -0.05) is 0 Å². The lowest BCUT2D eigenvalue weighted by Gasteiger charge is -2.29. The molecule has 1 aliphatic rings. The molecule has 0 N–H and O–H groups in total. The van der Waals surface area contributed by atoms with Gasteiger partial charge >= 0.3 is 5.97 Å². The molecule has 0 aromatic heterocycles. The first kappa shape index (κ1) is 12.2. The smallest absolute Gasteiger partial charge is 0.325 e. The summed E-state index contributed by atoms with van der Waals surface area (Å²) in [5.41, 5.74) is 0.630. The normalized spacial score (nSPS) is 13.5. The molecule has 18 heavy (non-hydrogen) atoms. The largest absolute Gasteiger partial charge is 0.489 e. The summed E-state index contributed by atoms with van der Waals surface area (Å²) in [5, 5.41) is 10.7. The van der Waals surface area contributed by atoms with Crippen LogP contribution in [0.2, 0.25) is 0 Å². The zero-order valence-electron chi connectivity index (χ0n) is 9.79. The summed E-state index contributed by atoms with van der Waals surface area (Å²) in [5.74, 6) is 0.0561. The topological polar surface area (TPSA) is 81.9 Å². The van der Waals surface area contributed by atoms with Gasteiger partial charge in [0.1, 0.15) is 18.9 Å². The molecule has 7 heteroatoms. The monoisotopic (exact) mass is 252 g/mol. The van der Waals surface area contributed by atoms with Crippen LogP contribution in [-0.2, 0) is 9.53 Å². The molecule has 1 aromatic carbocycles. The van der Waals surface area contributed by atoms with E-state index in [4.69, 9.17) is 4.74 Å². The van der Waals surface area contributed by atoms with Gasteiger partial charge in [0.2, 0.25) is 0 Å². The van der Waals surface area contributed by atoms with Crippen molar-refractivity contribution in [3.8, 4) is 5.75 Å². The van der Waals surface area contributed by atoms with Gasteiger partial charge in [0.25, 0.3) is 5.69 Å². The van der Waals surface area contributed by atoms with Gasteiger partial charge in [-0.25, -0.2) is 0 Å². The molecule has 0 saturated heterocycles. The highest BCUT2D eigenvalue weighted by atomic mass is 16.6. The average molecular weight is 252 g/mol. The van der Waals surface area contributed by atoms with E-state index in [9.17, 15) is 14.9 Å². The van der Waals surface area contributed by atoms with Crippen LogP contribution < -0.4 is 9.64 Å². The lowest BCUT2D eigenvalue weighted by Crippen LogP contribution is -2.37. The molecule has 0 spiro atoms. The summed E-state index contributed by atoms with van der Waals surface area (Å²) in [6, 6.07) is 4.33. The highest BCUT2D eigenvalue weighted by Crippen LogP contribution is 2.34. The minimum absolute atomic E-state index is 0.0336. The number of methoxy groups -OCH3 is 1. The maximum atomic E-state index is 11.3.